The average molecular weight is 476 g/mol. The van der Waals surface area contributed by atoms with Crippen molar-refractivity contribution in [2.75, 3.05) is 13.7 Å². The number of aromatic nitrogens is 2. The third-order valence-corrected chi connectivity index (χ3v) is 7.29. The van der Waals surface area contributed by atoms with Gasteiger partial charge >= 0.3 is 0 Å². The zero-order valence-corrected chi connectivity index (χ0v) is 21.2. The SMILES string of the molecule is CCCCN(C(=O)CCC1CCCC1)C(C)c1nc2ccccc2c(=O)n1-c1ccc(OC)cc1. The van der Waals surface area contributed by atoms with Crippen LogP contribution in [0.5, 0.6) is 5.75 Å². The van der Waals surface area contributed by atoms with Gasteiger partial charge in [0.25, 0.3) is 5.56 Å². The zero-order valence-electron chi connectivity index (χ0n) is 21.2. The summed E-state index contributed by atoms with van der Waals surface area (Å²) in [5, 5.41) is 0.562. The smallest absolute Gasteiger partial charge is 0.266 e. The van der Waals surface area contributed by atoms with Gasteiger partial charge in [-0.3, -0.25) is 14.2 Å². The van der Waals surface area contributed by atoms with E-state index >= 15 is 0 Å². The number of fused-ring (bicyclic) bond motifs is 1. The van der Waals surface area contributed by atoms with Crippen molar-refractivity contribution in [1.82, 2.24) is 14.5 Å². The van der Waals surface area contributed by atoms with Crippen molar-refractivity contribution in [2.45, 2.75) is 71.3 Å². The van der Waals surface area contributed by atoms with Gasteiger partial charge in [0.1, 0.15) is 11.6 Å². The zero-order chi connectivity index (χ0) is 24.8. The molecule has 1 aromatic heterocycles. The lowest BCUT2D eigenvalue weighted by atomic mass is 10.0. The van der Waals surface area contributed by atoms with Crippen LogP contribution in [0.15, 0.2) is 53.3 Å². The lowest BCUT2D eigenvalue weighted by Gasteiger charge is -2.31. The van der Waals surface area contributed by atoms with Crippen LogP contribution in [0.3, 0.4) is 0 Å². The monoisotopic (exact) mass is 475 g/mol. The second-order valence-corrected chi connectivity index (χ2v) is 9.63. The molecule has 0 aliphatic heterocycles. The normalized spacial score (nSPS) is 14.8. The van der Waals surface area contributed by atoms with E-state index in [1.54, 1.807) is 17.7 Å². The average Bonchev–Trinajstić information content (AvgIpc) is 3.41. The number of methoxy groups -OCH3 is 1. The molecule has 0 saturated heterocycles. The fourth-order valence-electron chi connectivity index (χ4n) is 5.18. The molecule has 35 heavy (non-hydrogen) atoms. The topological polar surface area (TPSA) is 64.4 Å². The lowest BCUT2D eigenvalue weighted by molar-refractivity contribution is -0.134. The van der Waals surface area contributed by atoms with Crippen LogP contribution in [0.1, 0.15) is 77.1 Å². The van der Waals surface area contributed by atoms with E-state index in [1.807, 2.05) is 54.3 Å². The predicted molar refractivity (Wildman–Crippen MR) is 140 cm³/mol. The van der Waals surface area contributed by atoms with Crippen molar-refractivity contribution in [1.29, 1.82) is 0 Å². The van der Waals surface area contributed by atoms with Gasteiger partial charge < -0.3 is 9.64 Å². The molecule has 6 heteroatoms. The highest BCUT2D eigenvalue weighted by Gasteiger charge is 2.27. The number of hydrogen-bond donors (Lipinski definition) is 0. The molecule has 1 fully saturated rings. The van der Waals surface area contributed by atoms with Gasteiger partial charge in [-0.2, -0.15) is 0 Å². The Hall–Kier alpha value is -3.15. The molecule has 1 atom stereocenters. The number of amides is 1. The van der Waals surface area contributed by atoms with Gasteiger partial charge in [-0.25, -0.2) is 4.98 Å². The first-order valence-corrected chi connectivity index (χ1v) is 13.0. The summed E-state index contributed by atoms with van der Waals surface area (Å²) < 4.78 is 6.97. The molecule has 0 radical (unpaired) electrons. The first-order chi connectivity index (χ1) is 17.0. The number of rotatable bonds is 10. The third kappa shape index (κ3) is 5.58. The van der Waals surface area contributed by atoms with E-state index in [1.165, 1.54) is 25.7 Å². The molecule has 1 aliphatic rings. The largest absolute Gasteiger partial charge is 0.497 e. The van der Waals surface area contributed by atoms with Crippen LogP contribution in [0.2, 0.25) is 0 Å². The van der Waals surface area contributed by atoms with E-state index in [-0.39, 0.29) is 17.5 Å². The molecule has 1 heterocycles. The number of ether oxygens (including phenoxy) is 1. The van der Waals surface area contributed by atoms with Crippen molar-refractivity contribution < 1.29 is 9.53 Å². The highest BCUT2D eigenvalue weighted by molar-refractivity contribution is 5.79. The number of carbonyl (C=O) groups is 1. The van der Waals surface area contributed by atoms with Gasteiger partial charge in [-0.1, -0.05) is 51.2 Å². The molecule has 1 aliphatic carbocycles. The molecule has 1 unspecified atom stereocenters. The summed E-state index contributed by atoms with van der Waals surface area (Å²) in [5.74, 6) is 2.13. The number of unbranched alkanes of at least 4 members (excludes halogenated alkanes) is 1. The van der Waals surface area contributed by atoms with Crippen LogP contribution < -0.4 is 10.3 Å². The molecule has 4 rings (SSSR count). The Labute approximate surface area is 207 Å². The van der Waals surface area contributed by atoms with Crippen LogP contribution in [0, 0.1) is 5.92 Å². The van der Waals surface area contributed by atoms with Crippen LogP contribution >= 0.6 is 0 Å². The van der Waals surface area contributed by atoms with Crippen molar-refractivity contribution in [3.05, 3.63) is 64.7 Å². The molecular formula is C29H37N3O3. The Kier molecular flexibility index (Phi) is 8.21. The second kappa shape index (κ2) is 11.5. The molecule has 0 spiro atoms. The van der Waals surface area contributed by atoms with Crippen LogP contribution in [0.4, 0.5) is 0 Å². The molecule has 0 N–H and O–H groups in total. The van der Waals surface area contributed by atoms with Gasteiger partial charge in [0, 0.05) is 13.0 Å². The Morgan fingerprint density at radius 3 is 2.54 bits per heavy atom. The molecule has 1 saturated carbocycles. The Bertz CT molecular complexity index is 1200. The number of carbonyl (C=O) groups excluding carboxylic acids is 1. The first-order valence-electron chi connectivity index (χ1n) is 13.0. The maximum atomic E-state index is 13.7. The van der Waals surface area contributed by atoms with Gasteiger partial charge in [0.05, 0.1) is 29.7 Å². The van der Waals surface area contributed by atoms with Crippen molar-refractivity contribution >= 4 is 16.8 Å². The van der Waals surface area contributed by atoms with Gasteiger partial charge in [-0.05, 0) is 62.1 Å². The van der Waals surface area contributed by atoms with Crippen LogP contribution in [-0.4, -0.2) is 34.0 Å². The highest BCUT2D eigenvalue weighted by atomic mass is 16.5. The van der Waals surface area contributed by atoms with E-state index < -0.39 is 0 Å². The third-order valence-electron chi connectivity index (χ3n) is 7.29. The van der Waals surface area contributed by atoms with E-state index in [4.69, 9.17) is 9.72 Å². The summed E-state index contributed by atoms with van der Waals surface area (Å²) in [7, 11) is 1.62. The van der Waals surface area contributed by atoms with Crippen LogP contribution in [-0.2, 0) is 4.79 Å². The summed E-state index contributed by atoms with van der Waals surface area (Å²) >= 11 is 0. The molecule has 186 valence electrons. The molecular weight excluding hydrogens is 438 g/mol. The number of para-hydroxylation sites is 1. The Morgan fingerprint density at radius 2 is 1.86 bits per heavy atom. The molecule has 1 amide bonds. The minimum atomic E-state index is -0.336. The first kappa shape index (κ1) is 25.0. The van der Waals surface area contributed by atoms with E-state index in [9.17, 15) is 9.59 Å². The van der Waals surface area contributed by atoms with Crippen LogP contribution in [0.25, 0.3) is 16.6 Å². The molecule has 0 bridgehead atoms. The number of nitrogens with zero attached hydrogens (tertiary/aromatic N) is 3. The lowest BCUT2D eigenvalue weighted by Crippen LogP contribution is -2.38. The van der Waals surface area contributed by atoms with Crippen molar-refractivity contribution in [3.8, 4) is 11.4 Å². The fraction of sp³-hybridized carbons (Fsp3) is 0.483. The van der Waals surface area contributed by atoms with E-state index in [0.717, 1.165) is 25.0 Å². The standard InChI is InChI=1S/C29H37N3O3/c1-4-5-20-31(27(33)19-14-22-10-6-7-11-22)21(2)28-30-26-13-9-8-12-25(26)29(34)32(28)23-15-17-24(35-3)18-16-23/h8-9,12-13,15-18,21-22H,4-7,10-11,14,19-20H2,1-3H3. The highest BCUT2D eigenvalue weighted by Crippen LogP contribution is 2.30. The molecule has 3 aromatic rings. The van der Waals surface area contributed by atoms with E-state index in [0.29, 0.717) is 41.3 Å². The minimum absolute atomic E-state index is 0.128. The maximum Gasteiger partial charge on any atom is 0.266 e. The minimum Gasteiger partial charge on any atom is -0.497 e. The summed E-state index contributed by atoms with van der Waals surface area (Å²) in [6.45, 7) is 4.79. The predicted octanol–water partition coefficient (Wildman–Crippen LogP) is 6.05. The maximum absolute atomic E-state index is 13.7. The van der Waals surface area contributed by atoms with Gasteiger partial charge in [0.15, 0.2) is 0 Å². The Morgan fingerprint density at radius 1 is 1.14 bits per heavy atom. The number of hydrogen-bond acceptors (Lipinski definition) is 4. The second-order valence-electron chi connectivity index (χ2n) is 9.63. The van der Waals surface area contributed by atoms with E-state index in [2.05, 4.69) is 6.92 Å². The molecule has 2 aromatic carbocycles. The fourth-order valence-corrected chi connectivity index (χ4v) is 5.18. The molecule has 6 nitrogen and oxygen atoms in total. The summed E-state index contributed by atoms with van der Waals surface area (Å²) in [5.41, 5.74) is 1.24. The summed E-state index contributed by atoms with van der Waals surface area (Å²) in [6.07, 6.45) is 8.45. The van der Waals surface area contributed by atoms with Crippen molar-refractivity contribution in [3.63, 3.8) is 0 Å². The number of benzene rings is 2. The summed E-state index contributed by atoms with van der Waals surface area (Å²) in [4.78, 5) is 34.1. The van der Waals surface area contributed by atoms with Gasteiger partial charge in [0.2, 0.25) is 5.91 Å². The van der Waals surface area contributed by atoms with Gasteiger partial charge in [-0.15, -0.1) is 0 Å². The quantitative estimate of drug-likeness (QED) is 0.358. The summed E-state index contributed by atoms with van der Waals surface area (Å²) in [6, 6.07) is 14.5. The Balaban J connectivity index is 1.75. The van der Waals surface area contributed by atoms with Crippen molar-refractivity contribution in [2.24, 2.45) is 5.92 Å².